The molecule has 0 unspecified atom stereocenters. The molecule has 37 heavy (non-hydrogen) atoms. The number of aryl methyl sites for hydroxylation is 1. The number of benzene rings is 2. The van der Waals surface area contributed by atoms with Gasteiger partial charge in [-0.2, -0.15) is 0 Å². The molecule has 1 saturated heterocycles. The Morgan fingerprint density at radius 1 is 1.00 bits per heavy atom. The molecular weight excluding hydrogens is 486 g/mol. The van der Waals surface area contributed by atoms with Crippen LogP contribution in [0.5, 0.6) is 5.75 Å². The first kappa shape index (κ1) is 25.5. The van der Waals surface area contributed by atoms with E-state index < -0.39 is 0 Å². The second kappa shape index (κ2) is 12.0. The molecule has 0 radical (unpaired) electrons. The molecule has 1 amide bonds. The van der Waals surface area contributed by atoms with E-state index in [1.807, 2.05) is 18.2 Å². The first-order chi connectivity index (χ1) is 18.1. The molecule has 0 N–H and O–H groups in total. The van der Waals surface area contributed by atoms with Crippen LogP contribution in [0, 0.1) is 0 Å². The monoisotopic (exact) mass is 521 g/mol. The minimum absolute atomic E-state index is 0.0272. The number of rotatable bonds is 10. The standard InChI is InChI=1S/C29H35N3O4S/c1-2-29(34)36-21-32-26-20-23(10-8-22(26)9-11-28(32)33)35-18-4-3-13-30-14-16-31(17-15-30)25-6-5-7-27-24(25)12-19-37-27/h5-8,10,12,19-20H,2-4,9,11,13-18,21H2,1H3. The van der Waals surface area contributed by atoms with Gasteiger partial charge < -0.3 is 14.4 Å². The third-order valence-corrected chi connectivity index (χ3v) is 8.11. The van der Waals surface area contributed by atoms with Crippen LogP contribution in [0.1, 0.15) is 38.2 Å². The molecule has 2 aromatic carbocycles. The van der Waals surface area contributed by atoms with Gasteiger partial charge in [0.1, 0.15) is 5.75 Å². The SMILES string of the molecule is CCC(=O)OCN1C(=O)CCc2ccc(OCCCCN3CCN(c4cccc5sccc45)CC3)cc21. The Bertz CT molecular complexity index is 1230. The van der Waals surface area contributed by atoms with Crippen LogP contribution in [0.4, 0.5) is 11.4 Å². The minimum atomic E-state index is -0.312. The maximum Gasteiger partial charge on any atom is 0.307 e. The lowest BCUT2D eigenvalue weighted by Gasteiger charge is -2.36. The molecule has 5 rings (SSSR count). The minimum Gasteiger partial charge on any atom is -0.494 e. The molecule has 8 heteroatoms. The Kier molecular flexibility index (Phi) is 8.26. The fourth-order valence-electron chi connectivity index (χ4n) is 5.08. The van der Waals surface area contributed by atoms with Gasteiger partial charge in [-0.1, -0.05) is 19.1 Å². The number of thiophene rings is 1. The smallest absolute Gasteiger partial charge is 0.307 e. The number of unbranched alkanes of at least 4 members (excludes halogenated alkanes) is 1. The number of anilines is 2. The molecule has 0 atom stereocenters. The van der Waals surface area contributed by atoms with Gasteiger partial charge >= 0.3 is 5.97 Å². The van der Waals surface area contributed by atoms with Gasteiger partial charge in [0, 0.05) is 60.9 Å². The van der Waals surface area contributed by atoms with Crippen molar-refractivity contribution in [3.63, 3.8) is 0 Å². The van der Waals surface area contributed by atoms with Crippen LogP contribution < -0.4 is 14.5 Å². The van der Waals surface area contributed by atoms with Crippen molar-refractivity contribution >= 4 is 44.7 Å². The summed E-state index contributed by atoms with van der Waals surface area (Å²) in [5.41, 5.74) is 3.23. The molecule has 3 aromatic rings. The number of amides is 1. The van der Waals surface area contributed by atoms with E-state index in [2.05, 4.69) is 39.4 Å². The summed E-state index contributed by atoms with van der Waals surface area (Å²) in [5.74, 6) is 0.408. The fraction of sp³-hybridized carbons (Fsp3) is 0.448. The summed E-state index contributed by atoms with van der Waals surface area (Å²) in [6.45, 7) is 7.70. The molecule has 0 aliphatic carbocycles. The van der Waals surface area contributed by atoms with E-state index >= 15 is 0 Å². The van der Waals surface area contributed by atoms with Gasteiger partial charge in [-0.15, -0.1) is 11.3 Å². The van der Waals surface area contributed by atoms with Gasteiger partial charge in [-0.05, 0) is 61.0 Å². The van der Waals surface area contributed by atoms with E-state index in [1.165, 1.54) is 15.8 Å². The Morgan fingerprint density at radius 3 is 2.70 bits per heavy atom. The third-order valence-electron chi connectivity index (χ3n) is 7.22. The van der Waals surface area contributed by atoms with E-state index in [4.69, 9.17) is 9.47 Å². The zero-order valence-corrected chi connectivity index (χ0v) is 22.3. The molecule has 3 heterocycles. The lowest BCUT2D eigenvalue weighted by molar-refractivity contribution is -0.143. The largest absolute Gasteiger partial charge is 0.494 e. The summed E-state index contributed by atoms with van der Waals surface area (Å²) in [5, 5.41) is 3.55. The van der Waals surface area contributed by atoms with Crippen molar-refractivity contribution < 1.29 is 19.1 Å². The van der Waals surface area contributed by atoms with Gasteiger partial charge in [0.2, 0.25) is 5.91 Å². The first-order valence-electron chi connectivity index (χ1n) is 13.3. The van der Waals surface area contributed by atoms with Gasteiger partial charge in [0.25, 0.3) is 0 Å². The second-order valence-corrected chi connectivity index (χ2v) is 10.6. The first-order valence-corrected chi connectivity index (χ1v) is 14.2. The van der Waals surface area contributed by atoms with Crippen molar-refractivity contribution in [3.8, 4) is 5.75 Å². The molecule has 0 spiro atoms. The summed E-state index contributed by atoms with van der Waals surface area (Å²) < 4.78 is 12.6. The Balaban J connectivity index is 1.06. The predicted octanol–water partition coefficient (Wildman–Crippen LogP) is 5.07. The Hall–Kier alpha value is -3.10. The zero-order valence-electron chi connectivity index (χ0n) is 21.5. The molecule has 196 valence electrons. The molecular formula is C29H35N3O4S. The Morgan fingerprint density at radius 2 is 1.86 bits per heavy atom. The molecule has 1 aromatic heterocycles. The number of ether oxygens (including phenoxy) is 2. The third kappa shape index (κ3) is 6.08. The summed E-state index contributed by atoms with van der Waals surface area (Å²) in [6, 6.07) is 14.7. The number of carbonyl (C=O) groups is 2. The molecule has 0 saturated carbocycles. The molecule has 7 nitrogen and oxygen atoms in total. The lowest BCUT2D eigenvalue weighted by atomic mass is 10.0. The number of nitrogens with zero attached hydrogens (tertiary/aromatic N) is 3. The van der Waals surface area contributed by atoms with Crippen LogP contribution in [0.25, 0.3) is 10.1 Å². The highest BCUT2D eigenvalue weighted by Gasteiger charge is 2.25. The maximum atomic E-state index is 12.5. The van der Waals surface area contributed by atoms with Crippen LogP contribution in [-0.2, 0) is 20.7 Å². The van der Waals surface area contributed by atoms with Crippen molar-refractivity contribution in [2.45, 2.75) is 39.0 Å². The van der Waals surface area contributed by atoms with E-state index in [9.17, 15) is 9.59 Å². The number of carbonyl (C=O) groups excluding carboxylic acids is 2. The fourth-order valence-corrected chi connectivity index (χ4v) is 5.89. The zero-order chi connectivity index (χ0) is 25.6. The van der Waals surface area contributed by atoms with Crippen molar-refractivity contribution in [2.75, 3.05) is 55.9 Å². The van der Waals surface area contributed by atoms with E-state index in [1.54, 1.807) is 23.2 Å². The highest BCUT2D eigenvalue weighted by molar-refractivity contribution is 7.17. The number of hydrogen-bond acceptors (Lipinski definition) is 7. The average Bonchev–Trinajstić information content (AvgIpc) is 3.42. The van der Waals surface area contributed by atoms with Crippen LogP contribution in [0.15, 0.2) is 47.8 Å². The van der Waals surface area contributed by atoms with Crippen molar-refractivity contribution in [1.29, 1.82) is 0 Å². The molecule has 2 aliphatic rings. The van der Waals surface area contributed by atoms with Crippen LogP contribution in [0.2, 0.25) is 0 Å². The van der Waals surface area contributed by atoms with Crippen molar-refractivity contribution in [1.82, 2.24) is 4.90 Å². The van der Waals surface area contributed by atoms with Crippen molar-refractivity contribution in [2.24, 2.45) is 0 Å². The predicted molar refractivity (Wildman–Crippen MR) is 149 cm³/mol. The number of hydrogen-bond donors (Lipinski definition) is 0. The highest BCUT2D eigenvalue weighted by Crippen LogP contribution is 2.32. The Labute approximate surface area is 222 Å². The number of esters is 1. The summed E-state index contributed by atoms with van der Waals surface area (Å²) in [4.78, 5) is 30.7. The van der Waals surface area contributed by atoms with Gasteiger partial charge in [0.15, 0.2) is 6.73 Å². The number of fused-ring (bicyclic) bond motifs is 2. The quantitative estimate of drug-likeness (QED) is 0.274. The topological polar surface area (TPSA) is 62.3 Å². The van der Waals surface area contributed by atoms with Crippen LogP contribution in [0.3, 0.4) is 0 Å². The lowest BCUT2D eigenvalue weighted by Crippen LogP contribution is -2.46. The normalized spacial score (nSPS) is 16.2. The highest BCUT2D eigenvalue weighted by atomic mass is 32.1. The van der Waals surface area contributed by atoms with Crippen molar-refractivity contribution in [3.05, 3.63) is 53.4 Å². The molecule has 2 aliphatic heterocycles. The molecule has 1 fully saturated rings. The van der Waals surface area contributed by atoms with Gasteiger partial charge in [0.05, 0.1) is 12.3 Å². The number of piperazine rings is 1. The van der Waals surface area contributed by atoms with E-state index in [-0.39, 0.29) is 18.6 Å². The summed E-state index contributed by atoms with van der Waals surface area (Å²) >= 11 is 1.81. The van der Waals surface area contributed by atoms with Gasteiger partial charge in [-0.25, -0.2) is 0 Å². The maximum absolute atomic E-state index is 12.5. The average molecular weight is 522 g/mol. The van der Waals surface area contributed by atoms with E-state index in [0.717, 1.165) is 62.6 Å². The van der Waals surface area contributed by atoms with Gasteiger partial charge in [-0.3, -0.25) is 19.4 Å². The van der Waals surface area contributed by atoms with Crippen LogP contribution >= 0.6 is 11.3 Å². The second-order valence-electron chi connectivity index (χ2n) is 9.61. The summed E-state index contributed by atoms with van der Waals surface area (Å²) in [6.07, 6.45) is 3.47. The summed E-state index contributed by atoms with van der Waals surface area (Å²) in [7, 11) is 0. The molecule has 0 bridgehead atoms. The van der Waals surface area contributed by atoms with E-state index in [0.29, 0.717) is 25.9 Å². The van der Waals surface area contributed by atoms with Crippen LogP contribution in [-0.4, -0.2) is 62.8 Å².